The first-order valence-corrected chi connectivity index (χ1v) is 7.52. The summed E-state index contributed by atoms with van der Waals surface area (Å²) in [6.45, 7) is 1.80. The predicted molar refractivity (Wildman–Crippen MR) is 67.9 cm³/mol. The van der Waals surface area contributed by atoms with Gasteiger partial charge in [-0.15, -0.1) is 4.41 Å². The van der Waals surface area contributed by atoms with E-state index in [9.17, 15) is 13.2 Å². The van der Waals surface area contributed by atoms with Gasteiger partial charge in [-0.05, 0) is 12.0 Å². The molecule has 1 saturated heterocycles. The topological polar surface area (TPSA) is 66.5 Å². The Labute approximate surface area is 107 Å². The average molecular weight is 268 g/mol. The van der Waals surface area contributed by atoms with Crippen molar-refractivity contribution in [3.05, 3.63) is 35.9 Å². The van der Waals surface area contributed by atoms with Gasteiger partial charge in [0.05, 0.1) is 18.2 Å². The van der Waals surface area contributed by atoms with Crippen molar-refractivity contribution in [1.29, 1.82) is 0 Å². The molecule has 98 valence electrons. The lowest BCUT2D eigenvalue weighted by Gasteiger charge is -2.22. The Hall–Kier alpha value is -1.40. The molecule has 18 heavy (non-hydrogen) atoms. The molecule has 0 aliphatic carbocycles. The van der Waals surface area contributed by atoms with E-state index in [0.717, 1.165) is 9.98 Å². The van der Waals surface area contributed by atoms with Crippen LogP contribution in [0.4, 0.5) is 0 Å². The van der Waals surface area contributed by atoms with E-state index in [0.29, 0.717) is 6.42 Å². The van der Waals surface area contributed by atoms with Gasteiger partial charge in [-0.25, -0.2) is 8.42 Å². The van der Waals surface area contributed by atoms with Crippen LogP contribution in [-0.4, -0.2) is 24.5 Å². The highest BCUT2D eigenvalue weighted by molar-refractivity contribution is 7.89. The number of hydrogen-bond donors (Lipinski definition) is 1. The number of rotatable bonds is 4. The molecule has 1 aromatic carbocycles. The van der Waals surface area contributed by atoms with Crippen LogP contribution < -0.4 is 5.43 Å². The Morgan fingerprint density at radius 2 is 2.00 bits per heavy atom. The average Bonchev–Trinajstić information content (AvgIpc) is 2.73. The normalized spacial score (nSPS) is 20.9. The van der Waals surface area contributed by atoms with Crippen molar-refractivity contribution in [2.75, 3.05) is 5.75 Å². The lowest BCUT2D eigenvalue weighted by Crippen LogP contribution is -2.41. The molecule has 1 aliphatic rings. The second-order valence-corrected chi connectivity index (χ2v) is 6.24. The molecule has 0 bridgehead atoms. The summed E-state index contributed by atoms with van der Waals surface area (Å²) in [6.07, 6.45) is 0.698. The largest absolute Gasteiger partial charge is 0.275 e. The molecule has 1 aromatic rings. The van der Waals surface area contributed by atoms with Crippen molar-refractivity contribution in [3.63, 3.8) is 0 Å². The predicted octanol–water partition coefficient (Wildman–Crippen LogP) is 1.20. The molecule has 1 N–H and O–H groups in total. The smallest absolute Gasteiger partial charge is 0.237 e. The molecule has 2 rings (SSSR count). The first-order chi connectivity index (χ1) is 8.54. The maximum absolute atomic E-state index is 12.1. The molecule has 1 heterocycles. The highest BCUT2D eigenvalue weighted by Gasteiger charge is 2.38. The Bertz CT molecular complexity index is 528. The van der Waals surface area contributed by atoms with Crippen molar-refractivity contribution in [2.45, 2.75) is 25.8 Å². The maximum Gasteiger partial charge on any atom is 0.237 e. The van der Waals surface area contributed by atoms with Gasteiger partial charge in [-0.2, -0.15) is 0 Å². The first-order valence-electron chi connectivity index (χ1n) is 5.91. The van der Waals surface area contributed by atoms with Crippen molar-refractivity contribution in [2.24, 2.45) is 0 Å². The summed E-state index contributed by atoms with van der Waals surface area (Å²) in [4.78, 5) is 11.5. The summed E-state index contributed by atoms with van der Waals surface area (Å²) in [5.41, 5.74) is 3.26. The van der Waals surface area contributed by atoms with Crippen LogP contribution in [-0.2, 0) is 14.8 Å². The minimum Gasteiger partial charge on any atom is -0.275 e. The Morgan fingerprint density at radius 1 is 1.33 bits per heavy atom. The number of carbonyl (C=O) groups excluding carboxylic acids is 1. The minimum absolute atomic E-state index is 0.0383. The van der Waals surface area contributed by atoms with Crippen molar-refractivity contribution in [3.8, 4) is 0 Å². The third kappa shape index (κ3) is 2.54. The third-order valence-corrected chi connectivity index (χ3v) is 4.71. The number of amides is 1. The van der Waals surface area contributed by atoms with Crippen molar-refractivity contribution in [1.82, 2.24) is 9.84 Å². The molecule has 1 atom stereocenters. The van der Waals surface area contributed by atoms with E-state index >= 15 is 0 Å². The molecule has 1 fully saturated rings. The molecule has 0 aromatic heterocycles. The Morgan fingerprint density at radius 3 is 2.61 bits per heavy atom. The van der Waals surface area contributed by atoms with Gasteiger partial charge in [-0.3, -0.25) is 10.2 Å². The van der Waals surface area contributed by atoms with Crippen LogP contribution in [0.1, 0.15) is 31.4 Å². The highest BCUT2D eigenvalue weighted by atomic mass is 32.2. The Kier molecular flexibility index (Phi) is 3.68. The van der Waals surface area contributed by atoms with E-state index in [4.69, 9.17) is 0 Å². The van der Waals surface area contributed by atoms with Crippen LogP contribution in [0.15, 0.2) is 30.3 Å². The van der Waals surface area contributed by atoms with E-state index in [1.165, 1.54) is 0 Å². The Balaban J connectivity index is 2.32. The zero-order valence-corrected chi connectivity index (χ0v) is 11.0. The number of hydrogen-bond acceptors (Lipinski definition) is 3. The molecule has 5 nitrogen and oxygen atoms in total. The molecule has 0 spiro atoms. The number of sulfonamides is 1. The van der Waals surface area contributed by atoms with Gasteiger partial charge >= 0.3 is 0 Å². The van der Waals surface area contributed by atoms with Crippen molar-refractivity contribution >= 4 is 15.9 Å². The lowest BCUT2D eigenvalue weighted by atomic mass is 10.1. The number of carbonyl (C=O) groups is 1. The molecular formula is C12H16N2O3S. The minimum atomic E-state index is -3.44. The molecule has 1 aliphatic heterocycles. The molecular weight excluding hydrogens is 252 g/mol. The van der Waals surface area contributed by atoms with Gasteiger partial charge < -0.3 is 0 Å². The van der Waals surface area contributed by atoms with E-state index in [1.54, 1.807) is 6.92 Å². The van der Waals surface area contributed by atoms with Gasteiger partial charge in [0.2, 0.25) is 15.9 Å². The van der Waals surface area contributed by atoms with Crippen molar-refractivity contribution < 1.29 is 13.2 Å². The number of hydrazine groups is 1. The van der Waals surface area contributed by atoms with Gasteiger partial charge in [0.25, 0.3) is 0 Å². The van der Waals surface area contributed by atoms with Crippen LogP contribution in [0.5, 0.6) is 0 Å². The van der Waals surface area contributed by atoms with Crippen LogP contribution in [0.2, 0.25) is 0 Å². The first kappa shape index (κ1) is 13.0. The fraction of sp³-hybridized carbons (Fsp3) is 0.417. The molecule has 6 heteroatoms. The van der Waals surface area contributed by atoms with Gasteiger partial charge in [0.1, 0.15) is 0 Å². The van der Waals surface area contributed by atoms with Crippen LogP contribution in [0, 0.1) is 0 Å². The summed E-state index contributed by atoms with van der Waals surface area (Å²) in [5.74, 6) is -0.222. The third-order valence-electron chi connectivity index (χ3n) is 2.84. The summed E-state index contributed by atoms with van der Waals surface area (Å²) < 4.78 is 25.3. The number of nitrogens with zero attached hydrogens (tertiary/aromatic N) is 1. The van der Waals surface area contributed by atoms with Gasteiger partial charge in [-0.1, -0.05) is 37.3 Å². The van der Waals surface area contributed by atoms with E-state index < -0.39 is 16.1 Å². The second kappa shape index (κ2) is 5.07. The molecule has 1 amide bonds. The summed E-state index contributed by atoms with van der Waals surface area (Å²) in [7, 11) is -3.44. The van der Waals surface area contributed by atoms with E-state index in [-0.39, 0.29) is 18.1 Å². The molecule has 0 radical (unpaired) electrons. The van der Waals surface area contributed by atoms with Gasteiger partial charge in [0.15, 0.2) is 0 Å². The fourth-order valence-electron chi connectivity index (χ4n) is 2.05. The molecule has 1 unspecified atom stereocenters. The second-order valence-electron chi connectivity index (χ2n) is 4.28. The summed E-state index contributed by atoms with van der Waals surface area (Å²) in [5, 5.41) is 0. The fourth-order valence-corrected chi connectivity index (χ4v) is 3.59. The number of benzene rings is 1. The molecule has 0 saturated carbocycles. The maximum atomic E-state index is 12.1. The zero-order valence-electron chi connectivity index (χ0n) is 10.2. The van der Waals surface area contributed by atoms with Crippen LogP contribution in [0.25, 0.3) is 0 Å². The zero-order chi connectivity index (χ0) is 13.2. The van der Waals surface area contributed by atoms with E-state index in [1.807, 2.05) is 30.3 Å². The van der Waals surface area contributed by atoms with Crippen LogP contribution in [0.3, 0.4) is 0 Å². The van der Waals surface area contributed by atoms with Crippen LogP contribution >= 0.6 is 0 Å². The number of nitrogens with one attached hydrogen (secondary N) is 1. The summed E-state index contributed by atoms with van der Waals surface area (Å²) in [6, 6.07) is 8.76. The highest BCUT2D eigenvalue weighted by Crippen LogP contribution is 2.29. The SMILES string of the molecule is CCCS(=O)(=O)N1NC(=O)CC1c1ccccc1. The van der Waals surface area contributed by atoms with E-state index in [2.05, 4.69) is 5.43 Å². The standard InChI is InChI=1S/C12H16N2O3S/c1-2-8-18(16,17)14-11(9-12(15)13-14)10-6-4-3-5-7-10/h3-7,11H,2,8-9H2,1H3,(H,13,15). The summed E-state index contributed by atoms with van der Waals surface area (Å²) >= 11 is 0. The lowest BCUT2D eigenvalue weighted by molar-refractivity contribution is -0.120. The van der Waals surface area contributed by atoms with Gasteiger partial charge in [0, 0.05) is 0 Å². The monoisotopic (exact) mass is 268 g/mol. The quantitative estimate of drug-likeness (QED) is 0.892.